The van der Waals surface area contributed by atoms with Crippen molar-refractivity contribution in [3.8, 4) is 0 Å². The van der Waals surface area contributed by atoms with Crippen molar-refractivity contribution < 1.29 is 8.42 Å². The highest BCUT2D eigenvalue weighted by atomic mass is 32.2. The van der Waals surface area contributed by atoms with E-state index >= 15 is 0 Å². The molecule has 2 atom stereocenters. The van der Waals surface area contributed by atoms with E-state index in [9.17, 15) is 8.42 Å². The molecule has 0 aromatic heterocycles. The Balaban J connectivity index is 3.00. The van der Waals surface area contributed by atoms with Crippen LogP contribution in [0, 0.1) is 22.7 Å². The van der Waals surface area contributed by atoms with E-state index in [-0.39, 0.29) is 10.8 Å². The normalized spacial score (nSPS) is 34.6. The Bertz CT molecular complexity index is 354. The Hall–Kier alpha value is -0.0500. The largest absolute Gasteiger partial charge is 0.229 e. The van der Waals surface area contributed by atoms with Gasteiger partial charge >= 0.3 is 0 Å². The molecule has 1 aliphatic carbocycles. The van der Waals surface area contributed by atoms with Crippen molar-refractivity contribution in [2.75, 3.05) is 12.0 Å². The van der Waals surface area contributed by atoms with Crippen molar-refractivity contribution in [2.45, 2.75) is 47.5 Å². The van der Waals surface area contributed by atoms with Crippen LogP contribution < -0.4 is 0 Å². The molecule has 1 saturated carbocycles. The second-order valence-corrected chi connectivity index (χ2v) is 8.88. The second kappa shape index (κ2) is 4.01. The predicted molar refractivity (Wildman–Crippen MR) is 69.2 cm³/mol. The standard InChI is InChI=1S/C13H26O2S/c1-10(2)11-7-8-13(5,12(11,3)4)9-16(6,14)15/h10-11H,7-9H2,1-6H3/t11?,13-/m1/s1. The average Bonchev–Trinajstić information content (AvgIpc) is 2.18. The van der Waals surface area contributed by atoms with Crippen molar-refractivity contribution in [1.82, 2.24) is 0 Å². The zero-order chi connectivity index (χ0) is 12.8. The van der Waals surface area contributed by atoms with E-state index in [0.717, 1.165) is 12.8 Å². The minimum Gasteiger partial charge on any atom is -0.229 e. The Morgan fingerprint density at radius 2 is 1.75 bits per heavy atom. The first kappa shape index (κ1) is 14.0. The van der Waals surface area contributed by atoms with Gasteiger partial charge in [0, 0.05) is 6.26 Å². The SMILES string of the molecule is CC(C)C1CC[C@](C)(CS(C)(=O)=O)C1(C)C. The van der Waals surface area contributed by atoms with Gasteiger partial charge in [-0.05, 0) is 35.5 Å². The van der Waals surface area contributed by atoms with Crippen molar-refractivity contribution in [3.05, 3.63) is 0 Å². The molecule has 0 bridgehead atoms. The third-order valence-electron chi connectivity index (χ3n) is 4.88. The highest BCUT2D eigenvalue weighted by Gasteiger charge is 2.53. The lowest BCUT2D eigenvalue weighted by atomic mass is 9.64. The third kappa shape index (κ3) is 2.44. The van der Waals surface area contributed by atoms with Gasteiger partial charge < -0.3 is 0 Å². The molecule has 0 aromatic carbocycles. The van der Waals surface area contributed by atoms with Gasteiger partial charge in [-0.1, -0.05) is 34.6 Å². The van der Waals surface area contributed by atoms with E-state index in [2.05, 4.69) is 34.6 Å². The number of hydrogen-bond donors (Lipinski definition) is 0. The average molecular weight is 246 g/mol. The second-order valence-electron chi connectivity index (χ2n) is 6.74. The van der Waals surface area contributed by atoms with Crippen molar-refractivity contribution in [1.29, 1.82) is 0 Å². The first-order valence-corrected chi connectivity index (χ1v) is 8.23. The molecule has 0 saturated heterocycles. The van der Waals surface area contributed by atoms with E-state index in [1.54, 1.807) is 0 Å². The molecule has 0 aliphatic heterocycles. The lowest BCUT2D eigenvalue weighted by Crippen LogP contribution is -2.40. The molecule has 0 aromatic rings. The van der Waals surface area contributed by atoms with Crippen LogP contribution in [-0.4, -0.2) is 20.4 Å². The zero-order valence-electron chi connectivity index (χ0n) is 11.5. The molecule has 0 spiro atoms. The molecular formula is C13H26O2S. The Morgan fingerprint density at radius 1 is 1.25 bits per heavy atom. The summed E-state index contributed by atoms with van der Waals surface area (Å²) in [5.74, 6) is 1.60. The smallest absolute Gasteiger partial charge is 0.148 e. The summed E-state index contributed by atoms with van der Waals surface area (Å²) >= 11 is 0. The molecule has 1 fully saturated rings. The van der Waals surface area contributed by atoms with Crippen LogP contribution >= 0.6 is 0 Å². The summed E-state index contributed by atoms with van der Waals surface area (Å²) in [5, 5.41) is 0. The van der Waals surface area contributed by atoms with Crippen molar-refractivity contribution >= 4 is 9.84 Å². The highest BCUT2D eigenvalue weighted by Crippen LogP contribution is 2.58. The molecule has 2 nitrogen and oxygen atoms in total. The van der Waals surface area contributed by atoms with Gasteiger partial charge in [-0.15, -0.1) is 0 Å². The van der Waals surface area contributed by atoms with Crippen LogP contribution in [0.15, 0.2) is 0 Å². The van der Waals surface area contributed by atoms with Crippen LogP contribution in [-0.2, 0) is 9.84 Å². The maximum absolute atomic E-state index is 11.6. The van der Waals surface area contributed by atoms with Crippen LogP contribution in [0.4, 0.5) is 0 Å². The maximum Gasteiger partial charge on any atom is 0.148 e. The molecule has 1 rings (SSSR count). The van der Waals surface area contributed by atoms with Crippen LogP contribution in [0.2, 0.25) is 0 Å². The molecule has 1 unspecified atom stereocenters. The Labute approximate surface area is 101 Å². The van der Waals surface area contributed by atoms with E-state index in [1.807, 2.05) is 0 Å². The summed E-state index contributed by atoms with van der Waals surface area (Å²) in [6.07, 6.45) is 3.56. The fourth-order valence-electron chi connectivity index (χ4n) is 3.61. The van der Waals surface area contributed by atoms with Gasteiger partial charge in [0.25, 0.3) is 0 Å². The van der Waals surface area contributed by atoms with Gasteiger partial charge in [0.2, 0.25) is 0 Å². The van der Waals surface area contributed by atoms with E-state index in [1.165, 1.54) is 6.26 Å². The minimum atomic E-state index is -2.89. The Morgan fingerprint density at radius 3 is 2.06 bits per heavy atom. The van der Waals surface area contributed by atoms with Gasteiger partial charge in [0.15, 0.2) is 0 Å². The summed E-state index contributed by atoms with van der Waals surface area (Å²) in [4.78, 5) is 0. The lowest BCUT2D eigenvalue weighted by molar-refractivity contribution is 0.0852. The molecule has 0 amide bonds. The number of rotatable bonds is 3. The quantitative estimate of drug-likeness (QED) is 0.766. The predicted octanol–water partition coefficient (Wildman–Crippen LogP) is 3.13. The maximum atomic E-state index is 11.6. The van der Waals surface area contributed by atoms with Crippen LogP contribution in [0.3, 0.4) is 0 Å². The summed E-state index contributed by atoms with van der Waals surface area (Å²) in [7, 11) is -2.89. The Kier molecular flexibility index (Phi) is 3.51. The fourth-order valence-corrected chi connectivity index (χ4v) is 5.28. The van der Waals surface area contributed by atoms with Crippen LogP contribution in [0.1, 0.15) is 47.5 Å². The van der Waals surface area contributed by atoms with Gasteiger partial charge in [0.05, 0.1) is 5.75 Å². The van der Waals surface area contributed by atoms with Crippen molar-refractivity contribution in [2.24, 2.45) is 22.7 Å². The molecule has 0 N–H and O–H groups in total. The summed E-state index contributed by atoms with van der Waals surface area (Å²) in [6, 6.07) is 0. The van der Waals surface area contributed by atoms with Gasteiger partial charge in [-0.3, -0.25) is 0 Å². The molecular weight excluding hydrogens is 220 g/mol. The molecule has 3 heteroatoms. The first-order chi connectivity index (χ1) is 7.00. The van der Waals surface area contributed by atoms with Crippen LogP contribution in [0.5, 0.6) is 0 Å². The highest BCUT2D eigenvalue weighted by molar-refractivity contribution is 7.90. The zero-order valence-corrected chi connectivity index (χ0v) is 12.3. The molecule has 0 radical (unpaired) electrons. The lowest BCUT2D eigenvalue weighted by Gasteiger charge is -2.43. The minimum absolute atomic E-state index is 0.0600. The summed E-state index contributed by atoms with van der Waals surface area (Å²) in [6.45, 7) is 11.1. The van der Waals surface area contributed by atoms with Gasteiger partial charge in [-0.2, -0.15) is 0 Å². The molecule has 16 heavy (non-hydrogen) atoms. The van der Waals surface area contributed by atoms with Crippen LogP contribution in [0.25, 0.3) is 0 Å². The van der Waals surface area contributed by atoms with Crippen molar-refractivity contribution in [3.63, 3.8) is 0 Å². The monoisotopic (exact) mass is 246 g/mol. The number of hydrogen-bond acceptors (Lipinski definition) is 2. The van der Waals surface area contributed by atoms with Gasteiger partial charge in [-0.25, -0.2) is 8.42 Å². The molecule has 1 aliphatic rings. The van der Waals surface area contributed by atoms with E-state index in [4.69, 9.17) is 0 Å². The summed E-state index contributed by atoms with van der Waals surface area (Å²) in [5.41, 5.74) is 0.0553. The van der Waals surface area contributed by atoms with E-state index < -0.39 is 9.84 Å². The fraction of sp³-hybridized carbons (Fsp3) is 1.00. The third-order valence-corrected chi connectivity index (χ3v) is 6.04. The summed E-state index contributed by atoms with van der Waals surface area (Å²) < 4.78 is 23.1. The van der Waals surface area contributed by atoms with E-state index in [0.29, 0.717) is 17.6 Å². The first-order valence-electron chi connectivity index (χ1n) is 6.17. The topological polar surface area (TPSA) is 34.1 Å². The molecule has 0 heterocycles. The number of sulfone groups is 1. The van der Waals surface area contributed by atoms with Gasteiger partial charge in [0.1, 0.15) is 9.84 Å². The molecule has 96 valence electrons.